The van der Waals surface area contributed by atoms with Gasteiger partial charge in [0.1, 0.15) is 5.65 Å². The van der Waals surface area contributed by atoms with Gasteiger partial charge in [-0.15, -0.1) is 0 Å². The summed E-state index contributed by atoms with van der Waals surface area (Å²) in [5.41, 5.74) is 1.77. The molecule has 2 aromatic rings. The van der Waals surface area contributed by atoms with Gasteiger partial charge < -0.3 is 4.98 Å². The van der Waals surface area contributed by atoms with Crippen molar-refractivity contribution >= 4 is 11.0 Å². The second kappa shape index (κ2) is 2.67. The van der Waals surface area contributed by atoms with E-state index >= 15 is 0 Å². The standard InChI is InChI=1S/C9H7N3/c10-4-3-8-6-7-2-1-5-11-9(7)12-8/h1-2,5-6H,3H2,(H,11,12). The molecule has 0 aliphatic carbocycles. The molecule has 0 unspecified atom stereocenters. The van der Waals surface area contributed by atoms with E-state index in [1.54, 1.807) is 6.20 Å². The largest absolute Gasteiger partial charge is 0.342 e. The summed E-state index contributed by atoms with van der Waals surface area (Å²) >= 11 is 0. The molecule has 0 saturated heterocycles. The van der Waals surface area contributed by atoms with Gasteiger partial charge in [-0.1, -0.05) is 0 Å². The molecule has 58 valence electrons. The van der Waals surface area contributed by atoms with E-state index in [1.807, 2.05) is 18.2 Å². The van der Waals surface area contributed by atoms with Crippen LogP contribution in [-0.4, -0.2) is 9.97 Å². The lowest BCUT2D eigenvalue weighted by molar-refractivity contribution is 1.16. The van der Waals surface area contributed by atoms with Crippen molar-refractivity contribution in [2.45, 2.75) is 6.42 Å². The Morgan fingerprint density at radius 2 is 2.50 bits per heavy atom. The molecular weight excluding hydrogens is 150 g/mol. The Bertz CT molecular complexity index is 403. The van der Waals surface area contributed by atoms with Gasteiger partial charge in [0.15, 0.2) is 0 Å². The summed E-state index contributed by atoms with van der Waals surface area (Å²) in [6.07, 6.45) is 2.14. The number of nitrogens with zero attached hydrogens (tertiary/aromatic N) is 2. The minimum Gasteiger partial charge on any atom is -0.342 e. The zero-order valence-corrected chi connectivity index (χ0v) is 6.41. The van der Waals surface area contributed by atoms with E-state index in [0.29, 0.717) is 6.42 Å². The normalized spacial score (nSPS) is 9.92. The summed E-state index contributed by atoms with van der Waals surface area (Å²) in [6, 6.07) is 7.89. The van der Waals surface area contributed by atoms with Crippen LogP contribution in [-0.2, 0) is 6.42 Å². The number of nitrogens with one attached hydrogen (secondary N) is 1. The average molecular weight is 157 g/mol. The fourth-order valence-electron chi connectivity index (χ4n) is 1.19. The zero-order chi connectivity index (χ0) is 8.39. The van der Waals surface area contributed by atoms with Gasteiger partial charge in [-0.25, -0.2) is 4.98 Å². The summed E-state index contributed by atoms with van der Waals surface area (Å²) in [6.45, 7) is 0. The van der Waals surface area contributed by atoms with Crippen molar-refractivity contribution < 1.29 is 0 Å². The molecule has 3 nitrogen and oxygen atoms in total. The third-order valence-corrected chi connectivity index (χ3v) is 1.72. The highest BCUT2D eigenvalue weighted by molar-refractivity contribution is 5.76. The van der Waals surface area contributed by atoms with Crippen molar-refractivity contribution in [2.75, 3.05) is 0 Å². The molecule has 0 fully saturated rings. The molecule has 0 bridgehead atoms. The van der Waals surface area contributed by atoms with Gasteiger partial charge in [0.05, 0.1) is 12.5 Å². The Kier molecular flexibility index (Phi) is 1.52. The second-order valence-corrected chi connectivity index (χ2v) is 2.57. The van der Waals surface area contributed by atoms with Crippen LogP contribution < -0.4 is 0 Å². The van der Waals surface area contributed by atoms with Gasteiger partial charge >= 0.3 is 0 Å². The van der Waals surface area contributed by atoms with Crippen LogP contribution in [0.2, 0.25) is 0 Å². The third-order valence-electron chi connectivity index (χ3n) is 1.72. The van der Waals surface area contributed by atoms with E-state index in [9.17, 15) is 0 Å². The number of H-pyrrole nitrogens is 1. The van der Waals surface area contributed by atoms with E-state index in [4.69, 9.17) is 5.26 Å². The maximum atomic E-state index is 8.45. The van der Waals surface area contributed by atoms with Crippen LogP contribution >= 0.6 is 0 Å². The third kappa shape index (κ3) is 1.04. The Morgan fingerprint density at radius 1 is 1.58 bits per heavy atom. The number of aromatic amines is 1. The van der Waals surface area contributed by atoms with Crippen molar-refractivity contribution in [3.8, 4) is 6.07 Å². The summed E-state index contributed by atoms with van der Waals surface area (Å²) < 4.78 is 0. The fraction of sp³-hybridized carbons (Fsp3) is 0.111. The van der Waals surface area contributed by atoms with Gasteiger partial charge in [0.25, 0.3) is 0 Å². The lowest BCUT2D eigenvalue weighted by Crippen LogP contribution is -1.79. The van der Waals surface area contributed by atoms with Crippen LogP contribution in [0, 0.1) is 11.3 Å². The first-order chi connectivity index (χ1) is 5.90. The SMILES string of the molecule is N#CCc1cc2cccnc2[nH]1. The number of hydrogen-bond acceptors (Lipinski definition) is 2. The van der Waals surface area contributed by atoms with Crippen LogP contribution in [0.4, 0.5) is 0 Å². The number of rotatable bonds is 1. The predicted molar refractivity (Wildman–Crippen MR) is 45.4 cm³/mol. The molecule has 0 atom stereocenters. The first kappa shape index (κ1) is 6.86. The number of aromatic nitrogens is 2. The molecule has 0 aromatic carbocycles. The van der Waals surface area contributed by atoms with Crippen LogP contribution in [0.1, 0.15) is 5.69 Å². The Balaban J connectivity index is 2.56. The van der Waals surface area contributed by atoms with E-state index in [1.165, 1.54) is 0 Å². The smallest absolute Gasteiger partial charge is 0.137 e. The van der Waals surface area contributed by atoms with Gasteiger partial charge in [-0.05, 0) is 18.2 Å². The summed E-state index contributed by atoms with van der Waals surface area (Å²) in [5.74, 6) is 0. The average Bonchev–Trinajstić information content (AvgIpc) is 2.47. The Hall–Kier alpha value is -1.82. The monoisotopic (exact) mass is 157 g/mol. The van der Waals surface area contributed by atoms with Crippen LogP contribution in [0.15, 0.2) is 24.4 Å². The Morgan fingerprint density at radius 3 is 3.25 bits per heavy atom. The van der Waals surface area contributed by atoms with Crippen molar-refractivity contribution in [2.24, 2.45) is 0 Å². The Labute approximate surface area is 69.7 Å². The first-order valence-electron chi connectivity index (χ1n) is 3.70. The van der Waals surface area contributed by atoms with Crippen molar-refractivity contribution in [3.05, 3.63) is 30.1 Å². The quantitative estimate of drug-likeness (QED) is 0.684. The lowest BCUT2D eigenvalue weighted by Gasteiger charge is -1.83. The molecule has 0 spiro atoms. The molecule has 0 saturated carbocycles. The maximum Gasteiger partial charge on any atom is 0.137 e. The second-order valence-electron chi connectivity index (χ2n) is 2.57. The van der Waals surface area contributed by atoms with Crippen LogP contribution in [0.3, 0.4) is 0 Å². The van der Waals surface area contributed by atoms with Gasteiger partial charge in [0.2, 0.25) is 0 Å². The minimum atomic E-state index is 0.413. The highest BCUT2D eigenvalue weighted by atomic mass is 14.8. The fourth-order valence-corrected chi connectivity index (χ4v) is 1.19. The van der Waals surface area contributed by atoms with Crippen molar-refractivity contribution in [1.29, 1.82) is 5.26 Å². The minimum absolute atomic E-state index is 0.413. The highest BCUT2D eigenvalue weighted by Crippen LogP contribution is 2.11. The molecule has 0 aliphatic heterocycles. The molecule has 0 amide bonds. The van der Waals surface area contributed by atoms with Gasteiger partial charge in [0, 0.05) is 17.3 Å². The number of nitriles is 1. The summed E-state index contributed by atoms with van der Waals surface area (Å²) in [4.78, 5) is 7.18. The van der Waals surface area contributed by atoms with Gasteiger partial charge in [-0.3, -0.25) is 0 Å². The molecule has 2 aromatic heterocycles. The molecule has 2 rings (SSSR count). The number of pyridine rings is 1. The van der Waals surface area contributed by atoms with Crippen molar-refractivity contribution in [3.63, 3.8) is 0 Å². The summed E-state index contributed by atoms with van der Waals surface area (Å²) in [7, 11) is 0. The van der Waals surface area contributed by atoms with E-state index in [-0.39, 0.29) is 0 Å². The molecule has 3 heteroatoms. The topological polar surface area (TPSA) is 52.5 Å². The molecule has 0 aliphatic rings. The summed E-state index contributed by atoms with van der Waals surface area (Å²) in [5, 5.41) is 9.51. The lowest BCUT2D eigenvalue weighted by atomic mass is 10.3. The molecule has 0 radical (unpaired) electrons. The predicted octanol–water partition coefficient (Wildman–Crippen LogP) is 1.63. The van der Waals surface area contributed by atoms with E-state index < -0.39 is 0 Å². The first-order valence-corrected chi connectivity index (χ1v) is 3.70. The van der Waals surface area contributed by atoms with Crippen LogP contribution in [0.25, 0.3) is 11.0 Å². The molecular formula is C9H7N3. The number of hydrogen-bond donors (Lipinski definition) is 1. The molecule has 2 heterocycles. The maximum absolute atomic E-state index is 8.45. The van der Waals surface area contributed by atoms with E-state index in [2.05, 4.69) is 16.0 Å². The highest BCUT2D eigenvalue weighted by Gasteiger charge is 1.98. The zero-order valence-electron chi connectivity index (χ0n) is 6.41. The van der Waals surface area contributed by atoms with Crippen LogP contribution in [0.5, 0.6) is 0 Å². The number of fused-ring (bicyclic) bond motifs is 1. The van der Waals surface area contributed by atoms with E-state index in [0.717, 1.165) is 16.7 Å². The molecule has 12 heavy (non-hydrogen) atoms. The molecule has 1 N–H and O–H groups in total. The van der Waals surface area contributed by atoms with Gasteiger partial charge in [-0.2, -0.15) is 5.26 Å². The van der Waals surface area contributed by atoms with Crippen molar-refractivity contribution in [1.82, 2.24) is 9.97 Å².